The number of aromatic nitrogens is 3. The standard InChI is InChI=1S/C23H30N4OS/c1-13(2)18-16-11-28-23(4,5)10-15(16)17-19-20(29-22(17)26-18)21(25-12-24-19)27-9-7-6-8-14(27)3/h12-14H,6-11H2,1-5H3/t14-/m1/s1. The van der Waals surface area contributed by atoms with Crippen LogP contribution in [0.5, 0.6) is 0 Å². The molecular weight excluding hydrogens is 380 g/mol. The molecule has 29 heavy (non-hydrogen) atoms. The average Bonchev–Trinajstić information content (AvgIpc) is 3.06. The molecule has 154 valence electrons. The summed E-state index contributed by atoms with van der Waals surface area (Å²) in [7, 11) is 0. The largest absolute Gasteiger partial charge is 0.370 e. The zero-order valence-corrected chi connectivity index (χ0v) is 18.9. The van der Waals surface area contributed by atoms with Crippen LogP contribution >= 0.6 is 11.3 Å². The Kier molecular flexibility index (Phi) is 4.55. The van der Waals surface area contributed by atoms with Crippen LogP contribution in [0.25, 0.3) is 20.4 Å². The molecule has 0 bridgehead atoms. The van der Waals surface area contributed by atoms with Crippen LogP contribution in [0.3, 0.4) is 0 Å². The second kappa shape index (κ2) is 6.88. The SMILES string of the molecule is CC(C)c1nc2sc3c(N4CCCC[C@H]4C)ncnc3c2c2c1COC(C)(C)C2. The van der Waals surface area contributed by atoms with Crippen LogP contribution in [0, 0.1) is 0 Å². The van der Waals surface area contributed by atoms with E-state index in [0.29, 0.717) is 18.6 Å². The van der Waals surface area contributed by atoms with Crippen molar-refractivity contribution in [1.82, 2.24) is 15.0 Å². The molecule has 2 aliphatic rings. The van der Waals surface area contributed by atoms with Gasteiger partial charge in [-0.05, 0) is 51.5 Å². The molecule has 0 unspecified atom stereocenters. The number of fused-ring (bicyclic) bond motifs is 5. The predicted molar refractivity (Wildman–Crippen MR) is 120 cm³/mol. The fourth-order valence-corrected chi connectivity index (χ4v) is 6.09. The summed E-state index contributed by atoms with van der Waals surface area (Å²) in [6.45, 7) is 12.8. The lowest BCUT2D eigenvalue weighted by Gasteiger charge is -2.34. The smallest absolute Gasteiger partial charge is 0.150 e. The lowest BCUT2D eigenvalue weighted by atomic mass is 9.87. The van der Waals surface area contributed by atoms with Crippen molar-refractivity contribution < 1.29 is 4.74 Å². The van der Waals surface area contributed by atoms with E-state index in [9.17, 15) is 0 Å². The van der Waals surface area contributed by atoms with Crippen molar-refractivity contribution in [3.05, 3.63) is 23.1 Å². The Morgan fingerprint density at radius 3 is 2.79 bits per heavy atom. The lowest BCUT2D eigenvalue weighted by Crippen LogP contribution is -2.38. The Labute approximate surface area is 176 Å². The number of hydrogen-bond acceptors (Lipinski definition) is 6. The van der Waals surface area contributed by atoms with Gasteiger partial charge in [0.05, 0.1) is 28.1 Å². The van der Waals surface area contributed by atoms with Gasteiger partial charge in [0, 0.05) is 30.0 Å². The second-order valence-electron chi connectivity index (χ2n) is 9.53. The maximum atomic E-state index is 6.18. The molecule has 0 spiro atoms. The van der Waals surface area contributed by atoms with Crippen LogP contribution in [-0.4, -0.2) is 33.1 Å². The van der Waals surface area contributed by atoms with Gasteiger partial charge in [-0.15, -0.1) is 11.3 Å². The van der Waals surface area contributed by atoms with E-state index in [1.54, 1.807) is 17.7 Å². The fraction of sp³-hybridized carbons (Fsp3) is 0.609. The number of rotatable bonds is 2. The van der Waals surface area contributed by atoms with Crippen molar-refractivity contribution in [2.24, 2.45) is 0 Å². The van der Waals surface area contributed by atoms with Gasteiger partial charge in [0.1, 0.15) is 17.0 Å². The van der Waals surface area contributed by atoms with Gasteiger partial charge >= 0.3 is 0 Å². The summed E-state index contributed by atoms with van der Waals surface area (Å²) in [5, 5.41) is 1.23. The normalized spacial score (nSPS) is 21.9. The van der Waals surface area contributed by atoms with Gasteiger partial charge in [0.2, 0.25) is 0 Å². The summed E-state index contributed by atoms with van der Waals surface area (Å²) in [4.78, 5) is 18.2. The summed E-state index contributed by atoms with van der Waals surface area (Å²) in [6.07, 6.45) is 6.41. The summed E-state index contributed by atoms with van der Waals surface area (Å²) in [5.74, 6) is 1.47. The van der Waals surface area contributed by atoms with Crippen molar-refractivity contribution in [1.29, 1.82) is 0 Å². The van der Waals surface area contributed by atoms with Crippen molar-refractivity contribution in [3.8, 4) is 0 Å². The molecule has 2 aliphatic heterocycles. The van der Waals surface area contributed by atoms with Crippen molar-refractivity contribution in [2.75, 3.05) is 11.4 Å². The Hall–Kier alpha value is -1.79. The Morgan fingerprint density at radius 1 is 1.21 bits per heavy atom. The fourth-order valence-electron chi connectivity index (χ4n) is 4.91. The van der Waals surface area contributed by atoms with Gasteiger partial charge in [-0.3, -0.25) is 0 Å². The molecular formula is C23H30N4OS. The first-order valence-corrected chi connectivity index (χ1v) is 11.7. The van der Waals surface area contributed by atoms with Crippen LogP contribution in [0.4, 0.5) is 5.82 Å². The number of piperidine rings is 1. The van der Waals surface area contributed by atoms with Crippen LogP contribution in [0.15, 0.2) is 6.33 Å². The lowest BCUT2D eigenvalue weighted by molar-refractivity contribution is -0.0402. The van der Waals surface area contributed by atoms with Crippen molar-refractivity contribution >= 4 is 37.6 Å². The highest BCUT2D eigenvalue weighted by atomic mass is 32.1. The highest BCUT2D eigenvalue weighted by Gasteiger charge is 2.33. The van der Waals surface area contributed by atoms with Gasteiger partial charge in [0.25, 0.3) is 0 Å². The van der Waals surface area contributed by atoms with Gasteiger partial charge in [-0.1, -0.05) is 13.8 Å². The number of pyridine rings is 1. The highest BCUT2D eigenvalue weighted by Crippen LogP contribution is 2.44. The molecule has 0 amide bonds. The number of ether oxygens (including phenoxy) is 1. The maximum Gasteiger partial charge on any atom is 0.150 e. The van der Waals surface area contributed by atoms with Gasteiger partial charge < -0.3 is 9.64 Å². The molecule has 1 atom stereocenters. The molecule has 0 saturated carbocycles. The maximum absolute atomic E-state index is 6.18. The summed E-state index contributed by atoms with van der Waals surface area (Å²) in [5.41, 5.74) is 4.75. The van der Waals surface area contributed by atoms with E-state index in [0.717, 1.165) is 29.1 Å². The zero-order chi connectivity index (χ0) is 20.3. The van der Waals surface area contributed by atoms with Crippen LogP contribution in [-0.2, 0) is 17.8 Å². The number of hydrogen-bond donors (Lipinski definition) is 0. The quantitative estimate of drug-likeness (QED) is 0.551. The third kappa shape index (κ3) is 3.12. The molecule has 0 aromatic carbocycles. The summed E-state index contributed by atoms with van der Waals surface area (Å²) < 4.78 is 7.37. The van der Waals surface area contributed by atoms with Crippen molar-refractivity contribution in [2.45, 2.75) is 84.5 Å². The minimum atomic E-state index is -0.166. The minimum Gasteiger partial charge on any atom is -0.370 e. The molecule has 6 heteroatoms. The van der Waals surface area contributed by atoms with Gasteiger partial charge in [0.15, 0.2) is 0 Å². The first kappa shape index (κ1) is 19.2. The molecule has 0 radical (unpaired) electrons. The third-order valence-corrected chi connectivity index (χ3v) is 7.53. The molecule has 5 heterocycles. The number of nitrogens with zero attached hydrogens (tertiary/aromatic N) is 4. The summed E-state index contributed by atoms with van der Waals surface area (Å²) >= 11 is 1.77. The molecule has 0 N–H and O–H groups in total. The van der Waals surface area contributed by atoms with E-state index in [1.807, 2.05) is 0 Å². The topological polar surface area (TPSA) is 51.1 Å². The van der Waals surface area contributed by atoms with Crippen LogP contribution in [0.1, 0.15) is 76.6 Å². The minimum absolute atomic E-state index is 0.166. The predicted octanol–water partition coefficient (Wildman–Crippen LogP) is 5.59. The Bertz CT molecular complexity index is 1090. The van der Waals surface area contributed by atoms with E-state index in [4.69, 9.17) is 19.7 Å². The molecule has 3 aromatic heterocycles. The zero-order valence-electron chi connectivity index (χ0n) is 18.1. The molecule has 5 nitrogen and oxygen atoms in total. The number of thiophene rings is 1. The van der Waals surface area contributed by atoms with Gasteiger partial charge in [-0.2, -0.15) is 0 Å². The molecule has 1 saturated heterocycles. The van der Waals surface area contributed by atoms with E-state index < -0.39 is 0 Å². The number of anilines is 1. The first-order valence-electron chi connectivity index (χ1n) is 10.8. The van der Waals surface area contributed by atoms with E-state index in [1.165, 1.54) is 46.2 Å². The van der Waals surface area contributed by atoms with E-state index >= 15 is 0 Å². The Balaban J connectivity index is 1.79. The highest BCUT2D eigenvalue weighted by molar-refractivity contribution is 7.26. The first-order chi connectivity index (χ1) is 13.9. The average molecular weight is 411 g/mol. The van der Waals surface area contributed by atoms with E-state index in [-0.39, 0.29) is 5.60 Å². The van der Waals surface area contributed by atoms with Crippen LogP contribution in [0.2, 0.25) is 0 Å². The monoisotopic (exact) mass is 410 g/mol. The third-order valence-electron chi connectivity index (χ3n) is 6.46. The van der Waals surface area contributed by atoms with Gasteiger partial charge in [-0.25, -0.2) is 15.0 Å². The molecule has 5 rings (SSSR count). The summed E-state index contributed by atoms with van der Waals surface area (Å²) in [6, 6.07) is 0.521. The van der Waals surface area contributed by atoms with Crippen molar-refractivity contribution in [3.63, 3.8) is 0 Å². The second-order valence-corrected chi connectivity index (χ2v) is 10.5. The molecule has 3 aromatic rings. The Morgan fingerprint density at radius 2 is 2.03 bits per heavy atom. The molecule has 0 aliphatic carbocycles. The molecule has 1 fully saturated rings. The van der Waals surface area contributed by atoms with E-state index in [2.05, 4.69) is 39.5 Å². The van der Waals surface area contributed by atoms with Crippen LogP contribution < -0.4 is 4.90 Å².